The minimum Gasteiger partial charge on any atom is -0.443 e. The second-order valence-corrected chi connectivity index (χ2v) is 8.25. The van der Waals surface area contributed by atoms with E-state index in [1.54, 1.807) is 20.8 Å². The molecule has 2 heterocycles. The molecule has 0 saturated heterocycles. The highest BCUT2D eigenvalue weighted by molar-refractivity contribution is 6.10. The lowest BCUT2D eigenvalue weighted by molar-refractivity contribution is 0.0248. The third kappa shape index (κ3) is 3.33. The molecule has 0 fully saturated rings. The van der Waals surface area contributed by atoms with Crippen molar-refractivity contribution in [1.29, 1.82) is 0 Å². The van der Waals surface area contributed by atoms with Gasteiger partial charge in [0.25, 0.3) is 5.91 Å². The highest BCUT2D eigenvalue weighted by Crippen LogP contribution is 2.36. The number of hydrogen-bond donors (Lipinski definition) is 0. The van der Waals surface area contributed by atoms with Gasteiger partial charge in [0.05, 0.1) is 29.5 Å². The zero-order chi connectivity index (χ0) is 20.9. The lowest BCUT2D eigenvalue weighted by atomic mass is 10.1. The van der Waals surface area contributed by atoms with Gasteiger partial charge in [-0.05, 0) is 50.6 Å². The van der Waals surface area contributed by atoms with Gasteiger partial charge in [-0.2, -0.15) is 5.10 Å². The number of nitrogens with zero attached hydrogens (tertiary/aromatic N) is 4. The van der Waals surface area contributed by atoms with Gasteiger partial charge in [0.2, 0.25) is 0 Å². The predicted molar refractivity (Wildman–Crippen MR) is 111 cm³/mol. The Labute approximate surface area is 169 Å². The molecule has 1 aliphatic heterocycles. The number of benzene rings is 2. The van der Waals surface area contributed by atoms with Gasteiger partial charge in [-0.1, -0.05) is 12.1 Å². The first-order valence-corrected chi connectivity index (χ1v) is 9.48. The van der Waals surface area contributed by atoms with E-state index in [2.05, 4.69) is 5.10 Å². The minimum absolute atomic E-state index is 0.215. The van der Waals surface area contributed by atoms with Gasteiger partial charge in [0.15, 0.2) is 0 Å². The summed E-state index contributed by atoms with van der Waals surface area (Å²) in [5.41, 5.74) is 3.40. The van der Waals surface area contributed by atoms with E-state index in [1.807, 2.05) is 66.3 Å². The normalized spacial score (nSPS) is 13.7. The van der Waals surface area contributed by atoms with Gasteiger partial charge >= 0.3 is 6.09 Å². The standard InChI is InChI=1S/C22H24N4O3/c1-22(2,3)29-21(28)26-13-14-7-6-8-18(19(14)20(26)27)24(4)16-9-10-17-15(11-16)12-23-25(17)5/h6-12H,13H2,1-5H3. The van der Waals surface area contributed by atoms with Crippen LogP contribution in [0.1, 0.15) is 36.7 Å². The van der Waals surface area contributed by atoms with Gasteiger partial charge in [0.1, 0.15) is 5.60 Å². The summed E-state index contributed by atoms with van der Waals surface area (Å²) in [5, 5.41) is 5.30. The first kappa shape index (κ1) is 19.0. The molecule has 0 N–H and O–H groups in total. The fourth-order valence-electron chi connectivity index (χ4n) is 3.59. The minimum atomic E-state index is -0.662. The van der Waals surface area contributed by atoms with Crippen molar-refractivity contribution in [2.24, 2.45) is 7.05 Å². The Morgan fingerprint density at radius 3 is 2.69 bits per heavy atom. The Balaban J connectivity index is 1.68. The van der Waals surface area contributed by atoms with Crippen LogP contribution in [0.4, 0.5) is 16.2 Å². The average Bonchev–Trinajstić information content (AvgIpc) is 3.20. The van der Waals surface area contributed by atoms with E-state index in [-0.39, 0.29) is 12.5 Å². The van der Waals surface area contributed by atoms with Crippen LogP contribution in [0.15, 0.2) is 42.6 Å². The molecule has 2 amide bonds. The van der Waals surface area contributed by atoms with Crippen LogP contribution in [-0.4, -0.2) is 39.3 Å². The van der Waals surface area contributed by atoms with Crippen LogP contribution >= 0.6 is 0 Å². The average molecular weight is 392 g/mol. The largest absolute Gasteiger partial charge is 0.443 e. The topological polar surface area (TPSA) is 67.7 Å². The van der Waals surface area contributed by atoms with E-state index in [4.69, 9.17) is 4.74 Å². The number of aryl methyl sites for hydroxylation is 1. The van der Waals surface area contributed by atoms with Crippen molar-refractivity contribution in [2.45, 2.75) is 32.9 Å². The molecule has 0 unspecified atom stereocenters. The van der Waals surface area contributed by atoms with Crippen LogP contribution in [0.3, 0.4) is 0 Å². The van der Waals surface area contributed by atoms with Crippen molar-refractivity contribution < 1.29 is 14.3 Å². The summed E-state index contributed by atoms with van der Waals surface area (Å²) in [6, 6.07) is 11.7. The summed E-state index contributed by atoms with van der Waals surface area (Å²) < 4.78 is 7.22. The molecule has 0 spiro atoms. The molecule has 0 saturated carbocycles. The van der Waals surface area contributed by atoms with Gasteiger partial charge in [-0.15, -0.1) is 0 Å². The van der Waals surface area contributed by atoms with Crippen LogP contribution in [0.25, 0.3) is 10.9 Å². The van der Waals surface area contributed by atoms with Crippen LogP contribution in [0, 0.1) is 0 Å². The first-order valence-electron chi connectivity index (χ1n) is 9.48. The molecule has 0 bridgehead atoms. The Hall–Kier alpha value is -3.35. The lowest BCUT2D eigenvalue weighted by Gasteiger charge is -2.24. The molecule has 0 atom stereocenters. The van der Waals surface area contributed by atoms with Crippen molar-refractivity contribution in [3.63, 3.8) is 0 Å². The number of carbonyl (C=O) groups is 2. The second kappa shape index (κ2) is 6.62. The Bertz CT molecular complexity index is 1130. The molecule has 1 aliphatic rings. The zero-order valence-corrected chi connectivity index (χ0v) is 17.3. The molecule has 1 aromatic heterocycles. The monoisotopic (exact) mass is 392 g/mol. The van der Waals surface area contributed by atoms with Gasteiger partial charge in [-0.25, -0.2) is 9.69 Å². The van der Waals surface area contributed by atoms with Crippen molar-refractivity contribution >= 4 is 34.3 Å². The molecular weight excluding hydrogens is 368 g/mol. The molecule has 150 valence electrons. The predicted octanol–water partition coefficient (Wildman–Crippen LogP) is 4.23. The van der Waals surface area contributed by atoms with Crippen LogP contribution in [0.5, 0.6) is 0 Å². The number of fused-ring (bicyclic) bond motifs is 2. The number of anilines is 2. The number of ether oxygens (including phenoxy) is 1. The molecule has 3 aromatic rings. The highest BCUT2D eigenvalue weighted by atomic mass is 16.6. The van der Waals surface area contributed by atoms with Gasteiger partial charge in [0, 0.05) is 25.2 Å². The fraction of sp³-hybridized carbons (Fsp3) is 0.318. The number of amides is 2. The maximum absolute atomic E-state index is 13.1. The van der Waals surface area contributed by atoms with Gasteiger partial charge in [-0.3, -0.25) is 9.48 Å². The van der Waals surface area contributed by atoms with Gasteiger partial charge < -0.3 is 9.64 Å². The second-order valence-electron chi connectivity index (χ2n) is 8.25. The van der Waals surface area contributed by atoms with Crippen molar-refractivity contribution in [3.05, 3.63) is 53.7 Å². The third-order valence-corrected chi connectivity index (χ3v) is 5.01. The van der Waals surface area contributed by atoms with E-state index in [9.17, 15) is 9.59 Å². The molecule has 2 aromatic carbocycles. The SMILES string of the molecule is CN(c1ccc2c(cnn2C)c1)c1cccc2c1C(=O)N(C(=O)OC(C)(C)C)C2. The molecule has 7 heteroatoms. The molecule has 4 rings (SSSR count). The fourth-order valence-corrected chi connectivity index (χ4v) is 3.59. The zero-order valence-electron chi connectivity index (χ0n) is 17.3. The Kier molecular flexibility index (Phi) is 4.33. The lowest BCUT2D eigenvalue weighted by Crippen LogP contribution is -2.37. The van der Waals surface area contributed by atoms with Crippen LogP contribution < -0.4 is 4.90 Å². The number of carbonyl (C=O) groups excluding carboxylic acids is 2. The number of hydrogen-bond acceptors (Lipinski definition) is 5. The highest BCUT2D eigenvalue weighted by Gasteiger charge is 2.37. The van der Waals surface area contributed by atoms with E-state index in [0.717, 1.165) is 32.7 Å². The molecule has 7 nitrogen and oxygen atoms in total. The van der Waals surface area contributed by atoms with Crippen LogP contribution in [0.2, 0.25) is 0 Å². The van der Waals surface area contributed by atoms with E-state index in [0.29, 0.717) is 5.56 Å². The summed E-state index contributed by atoms with van der Waals surface area (Å²) in [4.78, 5) is 28.7. The summed E-state index contributed by atoms with van der Waals surface area (Å²) in [5.74, 6) is -0.334. The van der Waals surface area contributed by atoms with E-state index >= 15 is 0 Å². The van der Waals surface area contributed by atoms with Crippen molar-refractivity contribution in [3.8, 4) is 0 Å². The molecule has 29 heavy (non-hydrogen) atoms. The van der Waals surface area contributed by atoms with E-state index in [1.165, 1.54) is 0 Å². The quantitative estimate of drug-likeness (QED) is 0.653. The van der Waals surface area contributed by atoms with Crippen LogP contribution in [-0.2, 0) is 18.3 Å². The molecule has 0 radical (unpaired) electrons. The summed E-state index contributed by atoms with van der Waals surface area (Å²) in [6.45, 7) is 5.57. The number of rotatable bonds is 2. The maximum atomic E-state index is 13.1. The molecular formula is C22H24N4O3. The Morgan fingerprint density at radius 2 is 1.97 bits per heavy atom. The van der Waals surface area contributed by atoms with E-state index < -0.39 is 11.7 Å². The summed E-state index contributed by atoms with van der Waals surface area (Å²) in [6.07, 6.45) is 1.20. The number of imide groups is 1. The number of aromatic nitrogens is 2. The molecule has 0 aliphatic carbocycles. The van der Waals surface area contributed by atoms with Crippen molar-refractivity contribution in [2.75, 3.05) is 11.9 Å². The summed E-state index contributed by atoms with van der Waals surface area (Å²) in [7, 11) is 3.82. The smallest absolute Gasteiger partial charge is 0.417 e. The maximum Gasteiger partial charge on any atom is 0.417 e. The third-order valence-electron chi connectivity index (χ3n) is 5.01. The Morgan fingerprint density at radius 1 is 1.21 bits per heavy atom. The van der Waals surface area contributed by atoms with Crippen molar-refractivity contribution in [1.82, 2.24) is 14.7 Å². The first-order chi connectivity index (χ1) is 13.7. The summed E-state index contributed by atoms with van der Waals surface area (Å²) >= 11 is 0.